The SMILES string of the molecule is CCCC1NC(CC(C)C)C(=O)N1CC(CC)(CC)SC. The second-order valence-corrected chi connectivity index (χ2v) is 7.99. The monoisotopic (exact) mass is 314 g/mol. The maximum atomic E-state index is 12.8. The number of hydrogen-bond acceptors (Lipinski definition) is 3. The van der Waals surface area contributed by atoms with Crippen molar-refractivity contribution in [2.75, 3.05) is 12.8 Å². The van der Waals surface area contributed by atoms with E-state index in [4.69, 9.17) is 0 Å². The number of thioether (sulfide) groups is 1. The molecule has 21 heavy (non-hydrogen) atoms. The molecule has 3 nitrogen and oxygen atoms in total. The highest BCUT2D eigenvalue weighted by atomic mass is 32.2. The molecule has 1 aliphatic rings. The van der Waals surface area contributed by atoms with E-state index < -0.39 is 0 Å². The number of nitrogens with one attached hydrogen (secondary N) is 1. The summed E-state index contributed by atoms with van der Waals surface area (Å²) in [6.07, 6.45) is 7.75. The minimum Gasteiger partial charge on any atom is -0.324 e. The van der Waals surface area contributed by atoms with E-state index in [0.29, 0.717) is 11.8 Å². The van der Waals surface area contributed by atoms with Crippen molar-refractivity contribution in [1.82, 2.24) is 10.2 Å². The van der Waals surface area contributed by atoms with Crippen molar-refractivity contribution in [3.63, 3.8) is 0 Å². The Morgan fingerprint density at radius 3 is 2.33 bits per heavy atom. The highest BCUT2D eigenvalue weighted by molar-refractivity contribution is 8.00. The highest BCUT2D eigenvalue weighted by Gasteiger charge is 2.41. The maximum absolute atomic E-state index is 12.8. The fourth-order valence-corrected chi connectivity index (χ4v) is 4.07. The van der Waals surface area contributed by atoms with E-state index in [1.807, 2.05) is 11.8 Å². The molecule has 0 spiro atoms. The van der Waals surface area contributed by atoms with Crippen molar-refractivity contribution in [3.05, 3.63) is 0 Å². The van der Waals surface area contributed by atoms with Crippen molar-refractivity contribution in [2.45, 2.75) is 83.7 Å². The lowest BCUT2D eigenvalue weighted by atomic mass is 10.0. The van der Waals surface area contributed by atoms with E-state index in [9.17, 15) is 4.79 Å². The first-order chi connectivity index (χ1) is 9.92. The molecule has 0 aromatic carbocycles. The minimum absolute atomic E-state index is 0.0230. The summed E-state index contributed by atoms with van der Waals surface area (Å²) >= 11 is 1.92. The van der Waals surface area contributed by atoms with Crippen molar-refractivity contribution < 1.29 is 4.79 Å². The maximum Gasteiger partial charge on any atom is 0.241 e. The number of nitrogens with zero attached hydrogens (tertiary/aromatic N) is 1. The van der Waals surface area contributed by atoms with E-state index in [1.165, 1.54) is 0 Å². The Morgan fingerprint density at radius 1 is 1.29 bits per heavy atom. The zero-order valence-electron chi connectivity index (χ0n) is 14.7. The van der Waals surface area contributed by atoms with E-state index >= 15 is 0 Å². The van der Waals surface area contributed by atoms with Crippen molar-refractivity contribution in [3.8, 4) is 0 Å². The normalized spacial score (nSPS) is 23.4. The highest BCUT2D eigenvalue weighted by Crippen LogP contribution is 2.34. The van der Waals surface area contributed by atoms with Gasteiger partial charge in [-0.25, -0.2) is 0 Å². The summed E-state index contributed by atoms with van der Waals surface area (Å²) in [6, 6.07) is 0.0230. The van der Waals surface area contributed by atoms with Gasteiger partial charge >= 0.3 is 0 Å². The fraction of sp³-hybridized carbons (Fsp3) is 0.941. The molecule has 1 aliphatic heterocycles. The third kappa shape index (κ3) is 4.62. The predicted octanol–water partition coefficient (Wildman–Crippen LogP) is 3.88. The van der Waals surface area contributed by atoms with Gasteiger partial charge in [-0.15, -0.1) is 0 Å². The fourth-order valence-electron chi connectivity index (χ4n) is 3.23. The Bertz CT molecular complexity index is 320. The summed E-state index contributed by atoms with van der Waals surface area (Å²) in [7, 11) is 0. The Morgan fingerprint density at radius 2 is 1.90 bits per heavy atom. The molecule has 1 amide bonds. The quantitative estimate of drug-likeness (QED) is 0.701. The van der Waals surface area contributed by atoms with Gasteiger partial charge in [0, 0.05) is 11.3 Å². The lowest BCUT2D eigenvalue weighted by Gasteiger charge is -2.36. The second-order valence-electron chi connectivity index (χ2n) is 6.71. The zero-order valence-corrected chi connectivity index (χ0v) is 15.6. The van der Waals surface area contributed by atoms with Gasteiger partial charge in [-0.05, 0) is 37.9 Å². The average molecular weight is 315 g/mol. The Labute approximate surface area is 135 Å². The van der Waals surface area contributed by atoms with Gasteiger partial charge in [0.15, 0.2) is 0 Å². The summed E-state index contributed by atoms with van der Waals surface area (Å²) in [5.74, 6) is 0.874. The number of hydrogen-bond donors (Lipinski definition) is 1. The van der Waals surface area contributed by atoms with Crippen LogP contribution in [0.4, 0.5) is 0 Å². The number of amides is 1. The van der Waals surface area contributed by atoms with Crippen LogP contribution in [0.5, 0.6) is 0 Å². The van der Waals surface area contributed by atoms with E-state index in [0.717, 1.165) is 38.6 Å². The average Bonchev–Trinajstić information content (AvgIpc) is 2.73. The number of carbonyl (C=O) groups is 1. The Balaban J connectivity index is 2.87. The largest absolute Gasteiger partial charge is 0.324 e. The van der Waals surface area contributed by atoms with E-state index in [2.05, 4.69) is 51.1 Å². The van der Waals surface area contributed by atoms with Crippen molar-refractivity contribution in [1.29, 1.82) is 0 Å². The van der Waals surface area contributed by atoms with Crippen LogP contribution >= 0.6 is 11.8 Å². The molecule has 0 aromatic rings. The molecular weight excluding hydrogens is 280 g/mol. The zero-order chi connectivity index (χ0) is 16.0. The Hall–Kier alpha value is -0.220. The van der Waals surface area contributed by atoms with Crippen LogP contribution in [0.1, 0.15) is 66.7 Å². The van der Waals surface area contributed by atoms with Crippen LogP contribution in [0, 0.1) is 5.92 Å². The first-order valence-electron chi connectivity index (χ1n) is 8.54. The van der Waals surface area contributed by atoms with Crippen LogP contribution in [-0.4, -0.2) is 40.6 Å². The summed E-state index contributed by atoms with van der Waals surface area (Å²) in [6.45, 7) is 11.9. The van der Waals surface area contributed by atoms with Crippen LogP contribution in [0.3, 0.4) is 0 Å². The third-order valence-corrected chi connectivity index (χ3v) is 6.37. The molecule has 0 aliphatic carbocycles. The van der Waals surface area contributed by atoms with Gasteiger partial charge in [-0.3, -0.25) is 10.1 Å². The molecule has 2 unspecified atom stereocenters. The number of carbonyl (C=O) groups excluding carboxylic acids is 1. The van der Waals surface area contributed by atoms with Crippen LogP contribution in [-0.2, 0) is 4.79 Å². The summed E-state index contributed by atoms with van der Waals surface area (Å²) in [5, 5.41) is 3.59. The summed E-state index contributed by atoms with van der Waals surface area (Å²) in [4.78, 5) is 14.9. The second kappa shape index (κ2) is 8.42. The van der Waals surface area contributed by atoms with E-state index in [-0.39, 0.29) is 17.0 Å². The molecule has 1 fully saturated rings. The number of rotatable bonds is 9. The standard InChI is InChI=1S/C17H34N2OS/c1-7-10-15-18-14(11-13(4)5)16(20)19(15)12-17(8-2,9-3)21-6/h13-15,18H,7-12H2,1-6H3. The molecule has 2 atom stereocenters. The molecule has 0 radical (unpaired) electrons. The van der Waals surface area contributed by atoms with Gasteiger partial charge in [-0.1, -0.05) is 41.0 Å². The lowest BCUT2D eigenvalue weighted by Crippen LogP contribution is -2.46. The lowest BCUT2D eigenvalue weighted by molar-refractivity contribution is -0.130. The van der Waals surface area contributed by atoms with Gasteiger partial charge in [0.25, 0.3) is 0 Å². The smallest absolute Gasteiger partial charge is 0.241 e. The molecule has 0 aromatic heterocycles. The first-order valence-corrected chi connectivity index (χ1v) is 9.77. The minimum atomic E-state index is 0.0230. The molecule has 1 heterocycles. The van der Waals surface area contributed by atoms with Gasteiger partial charge in [0.05, 0.1) is 12.2 Å². The molecule has 4 heteroatoms. The summed E-state index contributed by atoms with van der Waals surface area (Å²) < 4.78 is 0.204. The van der Waals surface area contributed by atoms with Gasteiger partial charge in [0.1, 0.15) is 0 Å². The third-order valence-electron chi connectivity index (χ3n) is 4.80. The molecule has 1 saturated heterocycles. The van der Waals surface area contributed by atoms with Crippen molar-refractivity contribution >= 4 is 17.7 Å². The Kier molecular flexibility index (Phi) is 7.55. The molecule has 124 valence electrons. The first kappa shape index (κ1) is 18.8. The van der Waals surface area contributed by atoms with Crippen LogP contribution < -0.4 is 5.32 Å². The molecular formula is C17H34N2OS. The predicted molar refractivity (Wildman–Crippen MR) is 93.6 cm³/mol. The van der Waals surface area contributed by atoms with Crippen LogP contribution in [0.25, 0.3) is 0 Å². The molecule has 0 saturated carbocycles. The topological polar surface area (TPSA) is 32.3 Å². The summed E-state index contributed by atoms with van der Waals surface area (Å²) in [5.41, 5.74) is 0. The molecule has 1 rings (SSSR count). The van der Waals surface area contributed by atoms with Crippen LogP contribution in [0.2, 0.25) is 0 Å². The van der Waals surface area contributed by atoms with Crippen LogP contribution in [0.15, 0.2) is 0 Å². The van der Waals surface area contributed by atoms with Gasteiger partial charge < -0.3 is 4.90 Å². The van der Waals surface area contributed by atoms with Crippen molar-refractivity contribution in [2.24, 2.45) is 5.92 Å². The van der Waals surface area contributed by atoms with Gasteiger partial charge in [0.2, 0.25) is 5.91 Å². The van der Waals surface area contributed by atoms with E-state index in [1.54, 1.807) is 0 Å². The van der Waals surface area contributed by atoms with Gasteiger partial charge in [-0.2, -0.15) is 11.8 Å². The molecule has 1 N–H and O–H groups in total. The molecule has 0 bridgehead atoms.